The third-order valence-electron chi connectivity index (χ3n) is 4.52. The van der Waals surface area contributed by atoms with Gasteiger partial charge in [-0.3, -0.25) is 15.0 Å². The van der Waals surface area contributed by atoms with Crippen LogP contribution in [-0.2, 0) is 19.1 Å². The van der Waals surface area contributed by atoms with Crippen molar-refractivity contribution in [2.75, 3.05) is 12.0 Å². The van der Waals surface area contributed by atoms with E-state index >= 15 is 0 Å². The van der Waals surface area contributed by atoms with Crippen LogP contribution in [0.2, 0.25) is 0 Å². The molecule has 2 atom stereocenters. The van der Waals surface area contributed by atoms with Crippen molar-refractivity contribution in [3.63, 3.8) is 0 Å². The van der Waals surface area contributed by atoms with Gasteiger partial charge in [-0.15, -0.1) is 0 Å². The number of fused-ring (bicyclic) bond motifs is 1. The highest BCUT2D eigenvalue weighted by Gasteiger charge is 2.63. The van der Waals surface area contributed by atoms with Crippen molar-refractivity contribution in [3.8, 4) is 0 Å². The number of anilines is 1. The Kier molecular flexibility index (Phi) is 3.24. The molecule has 1 fully saturated rings. The number of aryl methyl sites for hydroxylation is 2. The first-order valence-electron chi connectivity index (χ1n) is 7.20. The number of hydrogen-bond acceptors (Lipinski definition) is 6. The highest BCUT2D eigenvalue weighted by Crippen LogP contribution is 2.38. The Labute approximate surface area is 133 Å². The van der Waals surface area contributed by atoms with E-state index < -0.39 is 29.2 Å². The van der Waals surface area contributed by atoms with Crippen LogP contribution in [0.5, 0.6) is 0 Å². The Morgan fingerprint density at radius 3 is 2.61 bits per heavy atom. The lowest BCUT2D eigenvalue weighted by Gasteiger charge is -2.20. The van der Waals surface area contributed by atoms with Crippen molar-refractivity contribution in [1.29, 1.82) is 0 Å². The summed E-state index contributed by atoms with van der Waals surface area (Å²) < 4.78 is 4.65. The zero-order valence-electron chi connectivity index (χ0n) is 13.3. The highest BCUT2D eigenvalue weighted by molar-refractivity contribution is 6.47. The number of nitrogens with one attached hydrogen (secondary N) is 1. The summed E-state index contributed by atoms with van der Waals surface area (Å²) in [6.45, 7) is 5.43. The summed E-state index contributed by atoms with van der Waals surface area (Å²) in [5, 5.41) is 3.85. The van der Waals surface area contributed by atoms with Gasteiger partial charge < -0.3 is 4.74 Å². The van der Waals surface area contributed by atoms with Crippen LogP contribution in [0, 0.1) is 19.8 Å². The molecule has 2 aliphatic rings. The number of hydrazone groups is 1. The Hall–Kier alpha value is -2.70. The van der Waals surface area contributed by atoms with Crippen molar-refractivity contribution < 1.29 is 19.1 Å². The van der Waals surface area contributed by atoms with Crippen LogP contribution in [-0.4, -0.2) is 36.1 Å². The highest BCUT2D eigenvalue weighted by atomic mass is 16.5. The third kappa shape index (κ3) is 1.96. The number of carbonyl (C=O) groups is 3. The van der Waals surface area contributed by atoms with Gasteiger partial charge in [0.25, 0.3) is 5.91 Å². The summed E-state index contributed by atoms with van der Waals surface area (Å²) in [6, 6.07) is 5.35. The van der Waals surface area contributed by atoms with Crippen molar-refractivity contribution in [2.45, 2.75) is 26.3 Å². The molecule has 1 N–H and O–H groups in total. The monoisotopic (exact) mass is 315 g/mol. The second-order valence-corrected chi connectivity index (χ2v) is 5.98. The number of amides is 2. The molecule has 7 heteroatoms. The Balaban J connectivity index is 2.05. The molecule has 2 unspecified atom stereocenters. The zero-order chi connectivity index (χ0) is 16.9. The number of rotatable bonds is 2. The Bertz CT molecular complexity index is 771. The van der Waals surface area contributed by atoms with E-state index in [4.69, 9.17) is 0 Å². The molecule has 1 saturated heterocycles. The number of carbonyl (C=O) groups excluding carboxylic acids is 3. The lowest BCUT2D eigenvalue weighted by atomic mass is 9.86. The molecule has 0 aliphatic carbocycles. The second-order valence-electron chi connectivity index (χ2n) is 5.98. The molecular weight excluding hydrogens is 298 g/mol. The first-order chi connectivity index (χ1) is 10.8. The van der Waals surface area contributed by atoms with Crippen molar-refractivity contribution >= 4 is 29.2 Å². The van der Waals surface area contributed by atoms with E-state index in [-0.39, 0.29) is 5.71 Å². The van der Waals surface area contributed by atoms with E-state index in [9.17, 15) is 14.4 Å². The molecule has 0 saturated carbocycles. The van der Waals surface area contributed by atoms with E-state index in [0.29, 0.717) is 5.69 Å². The van der Waals surface area contributed by atoms with Gasteiger partial charge in [-0.2, -0.15) is 5.10 Å². The SMILES string of the molecule is COC(=O)C1=NNC2(C)C(=O)N(c3ccc(C)c(C)c3)C(=O)C12. The molecule has 0 spiro atoms. The molecule has 120 valence electrons. The largest absolute Gasteiger partial charge is 0.464 e. The molecular formula is C16H17N3O4. The van der Waals surface area contributed by atoms with Gasteiger partial charge in [-0.25, -0.2) is 9.69 Å². The summed E-state index contributed by atoms with van der Waals surface area (Å²) in [5.74, 6) is -2.60. The number of nitrogens with zero attached hydrogens (tertiary/aromatic N) is 2. The van der Waals surface area contributed by atoms with Crippen molar-refractivity contribution in [2.24, 2.45) is 11.0 Å². The fraction of sp³-hybridized carbons (Fsp3) is 0.375. The van der Waals surface area contributed by atoms with Crippen molar-refractivity contribution in [1.82, 2.24) is 5.43 Å². The van der Waals surface area contributed by atoms with E-state index in [2.05, 4.69) is 15.3 Å². The van der Waals surface area contributed by atoms with Crippen molar-refractivity contribution in [3.05, 3.63) is 29.3 Å². The molecule has 1 aromatic rings. The van der Waals surface area contributed by atoms with Gasteiger partial charge in [0.2, 0.25) is 5.91 Å². The van der Waals surface area contributed by atoms with Crippen LogP contribution in [0.1, 0.15) is 18.1 Å². The van der Waals surface area contributed by atoms with Crippen LogP contribution in [0.25, 0.3) is 0 Å². The maximum atomic E-state index is 12.8. The van der Waals surface area contributed by atoms with Crippen LogP contribution >= 0.6 is 0 Å². The first kappa shape index (κ1) is 15.2. The third-order valence-corrected chi connectivity index (χ3v) is 4.52. The molecule has 2 heterocycles. The molecule has 0 aromatic heterocycles. The molecule has 7 nitrogen and oxygen atoms in total. The Morgan fingerprint density at radius 1 is 1.30 bits per heavy atom. The van der Waals surface area contributed by atoms with Crippen LogP contribution in [0.3, 0.4) is 0 Å². The number of esters is 1. The standard InChI is InChI=1S/C16H17N3O4/c1-8-5-6-10(7-9(8)2)19-13(20)11-12(14(21)23-4)17-18-16(11,3)15(19)22/h5-7,11,18H,1-4H3. The minimum Gasteiger partial charge on any atom is -0.464 e. The fourth-order valence-corrected chi connectivity index (χ4v) is 2.95. The molecule has 1 aromatic carbocycles. The lowest BCUT2D eigenvalue weighted by molar-refractivity contribution is -0.133. The fourth-order valence-electron chi connectivity index (χ4n) is 2.95. The topological polar surface area (TPSA) is 88.1 Å². The van der Waals surface area contributed by atoms with Gasteiger partial charge in [0.1, 0.15) is 11.5 Å². The van der Waals surface area contributed by atoms with Gasteiger partial charge in [-0.1, -0.05) is 6.07 Å². The van der Waals surface area contributed by atoms with Gasteiger partial charge in [0.05, 0.1) is 12.8 Å². The Morgan fingerprint density at radius 2 is 2.00 bits per heavy atom. The maximum absolute atomic E-state index is 12.8. The summed E-state index contributed by atoms with van der Waals surface area (Å²) in [5.41, 5.74) is 3.83. The predicted molar refractivity (Wildman–Crippen MR) is 82.9 cm³/mol. The van der Waals surface area contributed by atoms with E-state index in [1.54, 1.807) is 19.1 Å². The van der Waals surface area contributed by atoms with Gasteiger partial charge >= 0.3 is 5.97 Å². The second kappa shape index (κ2) is 4.91. The lowest BCUT2D eigenvalue weighted by Crippen LogP contribution is -2.48. The molecule has 2 amide bonds. The zero-order valence-corrected chi connectivity index (χ0v) is 13.3. The van der Waals surface area contributed by atoms with Gasteiger partial charge in [0, 0.05) is 0 Å². The molecule has 23 heavy (non-hydrogen) atoms. The average Bonchev–Trinajstić information content (AvgIpc) is 2.96. The van der Waals surface area contributed by atoms with Crippen LogP contribution in [0.4, 0.5) is 5.69 Å². The predicted octanol–water partition coefficient (Wildman–Crippen LogP) is 0.684. The van der Waals surface area contributed by atoms with Gasteiger partial charge in [-0.05, 0) is 44.0 Å². The molecule has 0 bridgehead atoms. The van der Waals surface area contributed by atoms with E-state index in [1.807, 2.05) is 19.9 Å². The quantitative estimate of drug-likeness (QED) is 0.640. The summed E-state index contributed by atoms with van der Waals surface area (Å²) in [7, 11) is 1.21. The number of methoxy groups -OCH3 is 1. The number of imide groups is 1. The number of benzene rings is 1. The smallest absolute Gasteiger partial charge is 0.355 e. The minimum atomic E-state index is -1.26. The van der Waals surface area contributed by atoms with E-state index in [0.717, 1.165) is 16.0 Å². The average molecular weight is 315 g/mol. The molecule has 3 rings (SSSR count). The summed E-state index contributed by atoms with van der Waals surface area (Å²) >= 11 is 0. The number of hydrogen-bond donors (Lipinski definition) is 1. The van der Waals surface area contributed by atoms with Gasteiger partial charge in [0.15, 0.2) is 5.71 Å². The maximum Gasteiger partial charge on any atom is 0.355 e. The normalized spacial score (nSPS) is 26.0. The molecule has 2 aliphatic heterocycles. The number of ether oxygens (including phenoxy) is 1. The molecule has 0 radical (unpaired) electrons. The minimum absolute atomic E-state index is 0.0697. The van der Waals surface area contributed by atoms with Crippen LogP contribution < -0.4 is 10.3 Å². The summed E-state index contributed by atoms with van der Waals surface area (Å²) in [4.78, 5) is 38.5. The van der Waals surface area contributed by atoms with E-state index in [1.165, 1.54) is 7.11 Å². The van der Waals surface area contributed by atoms with Crippen LogP contribution in [0.15, 0.2) is 23.3 Å². The first-order valence-corrected chi connectivity index (χ1v) is 7.20. The summed E-state index contributed by atoms with van der Waals surface area (Å²) in [6.07, 6.45) is 0.